The van der Waals surface area contributed by atoms with E-state index in [1.165, 1.54) is 0 Å². The number of nitrogens with one attached hydrogen (secondary N) is 1. The molecule has 1 aliphatic rings. The molecule has 0 spiro atoms. The van der Waals surface area contributed by atoms with E-state index in [4.69, 9.17) is 9.47 Å². The second kappa shape index (κ2) is 7.56. The van der Waals surface area contributed by atoms with E-state index in [9.17, 15) is 9.59 Å². The summed E-state index contributed by atoms with van der Waals surface area (Å²) in [5.41, 5.74) is 2.07. The van der Waals surface area contributed by atoms with Crippen LogP contribution in [0.5, 0.6) is 5.75 Å². The summed E-state index contributed by atoms with van der Waals surface area (Å²) in [4.78, 5) is 24.1. The Hall–Kier alpha value is -3.60. The predicted molar refractivity (Wildman–Crippen MR) is 106 cm³/mol. The number of carbonyl (C=O) groups excluding carboxylic acids is 2. The van der Waals surface area contributed by atoms with Crippen LogP contribution < -0.4 is 10.1 Å². The molecule has 0 fully saturated rings. The molecule has 0 saturated heterocycles. The van der Waals surface area contributed by atoms with Crippen molar-refractivity contribution in [2.24, 2.45) is 0 Å². The zero-order valence-electron chi connectivity index (χ0n) is 15.3. The van der Waals surface area contributed by atoms with Gasteiger partial charge in [0.1, 0.15) is 11.3 Å². The molecule has 28 heavy (non-hydrogen) atoms. The molecule has 3 aromatic carbocycles. The highest BCUT2D eigenvalue weighted by molar-refractivity contribution is 5.97. The smallest absolute Gasteiger partial charge is 0.340 e. The predicted octanol–water partition coefficient (Wildman–Crippen LogP) is 3.88. The van der Waals surface area contributed by atoms with Crippen molar-refractivity contribution in [3.63, 3.8) is 0 Å². The van der Waals surface area contributed by atoms with Gasteiger partial charge in [-0.1, -0.05) is 60.7 Å². The molecular formula is C23H19NO4. The maximum Gasteiger partial charge on any atom is 0.340 e. The van der Waals surface area contributed by atoms with Crippen LogP contribution in [0.2, 0.25) is 0 Å². The summed E-state index contributed by atoms with van der Waals surface area (Å²) < 4.78 is 11.3. The maximum absolute atomic E-state index is 12.9. The van der Waals surface area contributed by atoms with Gasteiger partial charge in [0.15, 0.2) is 0 Å². The average Bonchev–Trinajstić information content (AvgIpc) is 2.73. The molecule has 1 heterocycles. The molecule has 5 heteroatoms. The molecule has 1 aliphatic heterocycles. The molecule has 0 aromatic heterocycles. The van der Waals surface area contributed by atoms with E-state index in [1.54, 1.807) is 6.92 Å². The van der Waals surface area contributed by atoms with Gasteiger partial charge in [-0.2, -0.15) is 0 Å². The second-order valence-corrected chi connectivity index (χ2v) is 6.37. The Morgan fingerprint density at radius 3 is 2.57 bits per heavy atom. The molecule has 4 rings (SSSR count). The van der Waals surface area contributed by atoms with Crippen LogP contribution >= 0.6 is 0 Å². The van der Waals surface area contributed by atoms with Crippen LogP contribution in [0.15, 0.2) is 78.2 Å². The quantitative estimate of drug-likeness (QED) is 0.544. The van der Waals surface area contributed by atoms with Crippen molar-refractivity contribution in [2.75, 3.05) is 6.61 Å². The van der Waals surface area contributed by atoms with Crippen LogP contribution in [0.4, 0.5) is 0 Å². The Morgan fingerprint density at radius 2 is 1.82 bits per heavy atom. The number of esters is 1. The number of hydrogen-bond acceptors (Lipinski definition) is 4. The number of fused-ring (bicyclic) bond motifs is 3. The van der Waals surface area contributed by atoms with Gasteiger partial charge in [0.05, 0.1) is 12.5 Å². The van der Waals surface area contributed by atoms with Gasteiger partial charge in [0, 0.05) is 5.56 Å². The number of carbonyl (C=O) groups is 2. The normalized spacial score (nSPS) is 15.5. The molecule has 1 N–H and O–H groups in total. The summed E-state index contributed by atoms with van der Waals surface area (Å²) in [6.07, 6.45) is 0.503. The third-order valence-electron chi connectivity index (χ3n) is 4.78. The molecule has 140 valence electrons. The average molecular weight is 373 g/mol. The summed E-state index contributed by atoms with van der Waals surface area (Å²) in [5.74, 6) is -0.244. The molecule has 5 nitrogen and oxygen atoms in total. The Kier molecular flexibility index (Phi) is 4.81. The third-order valence-corrected chi connectivity index (χ3v) is 4.78. The Morgan fingerprint density at radius 1 is 1.07 bits per heavy atom. The molecule has 0 aliphatic carbocycles. The van der Waals surface area contributed by atoms with Gasteiger partial charge in [-0.15, -0.1) is 0 Å². The molecule has 3 aromatic rings. The maximum atomic E-state index is 12.9. The van der Waals surface area contributed by atoms with Gasteiger partial charge in [0.2, 0.25) is 12.3 Å². The molecule has 0 bridgehead atoms. The van der Waals surface area contributed by atoms with Gasteiger partial charge in [0.25, 0.3) is 0 Å². The summed E-state index contributed by atoms with van der Waals surface area (Å²) in [6.45, 7) is 1.97. The fourth-order valence-electron chi connectivity index (χ4n) is 3.66. The molecule has 0 radical (unpaired) electrons. The highest BCUT2D eigenvalue weighted by Crippen LogP contribution is 2.46. The van der Waals surface area contributed by atoms with Crippen molar-refractivity contribution in [2.45, 2.75) is 12.8 Å². The van der Waals surface area contributed by atoms with Gasteiger partial charge in [-0.25, -0.2) is 4.79 Å². The van der Waals surface area contributed by atoms with Gasteiger partial charge in [-0.3, -0.25) is 10.1 Å². The monoisotopic (exact) mass is 373 g/mol. The van der Waals surface area contributed by atoms with Crippen molar-refractivity contribution >= 4 is 23.2 Å². The molecule has 1 amide bonds. The zero-order valence-corrected chi connectivity index (χ0v) is 15.3. The highest BCUT2D eigenvalue weighted by atomic mass is 16.5. The summed E-state index contributed by atoms with van der Waals surface area (Å²) in [6, 6.07) is 21.5. The van der Waals surface area contributed by atoms with Crippen molar-refractivity contribution in [1.29, 1.82) is 0 Å². The molecule has 1 atom stereocenters. The fraction of sp³-hybridized carbons (Fsp3) is 0.130. The van der Waals surface area contributed by atoms with Crippen LogP contribution in [-0.2, 0) is 14.3 Å². The van der Waals surface area contributed by atoms with E-state index >= 15 is 0 Å². The van der Waals surface area contributed by atoms with Gasteiger partial charge < -0.3 is 9.47 Å². The van der Waals surface area contributed by atoms with Crippen LogP contribution in [0, 0.1) is 0 Å². The lowest BCUT2D eigenvalue weighted by molar-refractivity contribution is -0.139. The number of hydrogen-bond donors (Lipinski definition) is 1. The Bertz CT molecular complexity index is 1070. The Labute approximate surface area is 162 Å². The third kappa shape index (κ3) is 3.01. The lowest BCUT2D eigenvalue weighted by atomic mass is 9.80. The lowest BCUT2D eigenvalue weighted by Crippen LogP contribution is -2.30. The van der Waals surface area contributed by atoms with E-state index in [2.05, 4.69) is 5.32 Å². The van der Waals surface area contributed by atoms with E-state index in [1.807, 2.05) is 66.7 Å². The van der Waals surface area contributed by atoms with Crippen LogP contribution in [0.3, 0.4) is 0 Å². The van der Waals surface area contributed by atoms with Gasteiger partial charge >= 0.3 is 5.97 Å². The Balaban J connectivity index is 2.03. The van der Waals surface area contributed by atoms with E-state index in [0.29, 0.717) is 12.2 Å². The number of amides is 1. The minimum absolute atomic E-state index is 0.102. The van der Waals surface area contributed by atoms with E-state index in [-0.39, 0.29) is 18.1 Å². The van der Waals surface area contributed by atoms with Crippen molar-refractivity contribution in [3.8, 4) is 5.75 Å². The van der Waals surface area contributed by atoms with E-state index in [0.717, 1.165) is 21.9 Å². The number of ether oxygens (including phenoxy) is 2. The molecule has 0 saturated carbocycles. The van der Waals surface area contributed by atoms with E-state index < -0.39 is 11.9 Å². The molecular weight excluding hydrogens is 354 g/mol. The van der Waals surface area contributed by atoms with Crippen molar-refractivity contribution in [1.82, 2.24) is 5.32 Å². The summed E-state index contributed by atoms with van der Waals surface area (Å²) in [7, 11) is 0. The first kappa shape index (κ1) is 17.8. The first-order valence-electron chi connectivity index (χ1n) is 9.10. The fourth-order valence-corrected chi connectivity index (χ4v) is 3.66. The number of benzene rings is 3. The standard InChI is InChI=1S/C23H19NO4/c1-2-27-23(26)21-19(16-9-4-3-5-10-16)20-17-11-7-6-8-15(17)12-13-18(20)28-22(21)24-14-25/h3-14,19H,2H2,1H3,(H,24,25). The van der Waals surface area contributed by atoms with Crippen molar-refractivity contribution < 1.29 is 19.1 Å². The van der Waals surface area contributed by atoms with Crippen LogP contribution in [-0.4, -0.2) is 19.0 Å². The highest BCUT2D eigenvalue weighted by Gasteiger charge is 2.37. The summed E-state index contributed by atoms with van der Waals surface area (Å²) >= 11 is 0. The SMILES string of the molecule is CCOC(=O)C1=C(NC=O)Oc2ccc3ccccc3c2C1c1ccccc1. The lowest BCUT2D eigenvalue weighted by Gasteiger charge is -2.30. The summed E-state index contributed by atoms with van der Waals surface area (Å²) in [5, 5.41) is 4.57. The molecule has 1 unspecified atom stereocenters. The minimum Gasteiger partial charge on any atom is -0.462 e. The largest absolute Gasteiger partial charge is 0.462 e. The van der Waals surface area contributed by atoms with Crippen LogP contribution in [0.1, 0.15) is 24.0 Å². The second-order valence-electron chi connectivity index (χ2n) is 6.37. The number of rotatable bonds is 5. The first-order chi connectivity index (χ1) is 13.7. The zero-order chi connectivity index (χ0) is 19.5. The topological polar surface area (TPSA) is 64.6 Å². The van der Waals surface area contributed by atoms with Gasteiger partial charge in [-0.05, 0) is 29.3 Å². The first-order valence-corrected chi connectivity index (χ1v) is 9.10. The van der Waals surface area contributed by atoms with Crippen LogP contribution in [0.25, 0.3) is 10.8 Å². The minimum atomic E-state index is -0.515. The van der Waals surface area contributed by atoms with Crippen molar-refractivity contribution in [3.05, 3.63) is 89.3 Å².